The fourth-order valence-electron chi connectivity index (χ4n) is 1.14. The zero-order valence-corrected chi connectivity index (χ0v) is 11.8. The number of nitrogens with one attached hydrogen (secondary N) is 1. The van der Waals surface area contributed by atoms with E-state index in [2.05, 4.69) is 18.5 Å². The van der Waals surface area contributed by atoms with E-state index in [-0.39, 0.29) is 5.78 Å². The van der Waals surface area contributed by atoms with Crippen LogP contribution in [0.2, 0.25) is 0 Å². The first-order chi connectivity index (χ1) is 8.42. The number of hydrogen-bond donors (Lipinski definition) is 1. The number of carbonyl (C=O) groups excluding carboxylic acids is 1. The molecular formula is C16H23NO. The molecule has 0 aliphatic carbocycles. The van der Waals surface area contributed by atoms with Gasteiger partial charge >= 0.3 is 0 Å². The highest BCUT2D eigenvalue weighted by Crippen LogP contribution is 2.10. The van der Waals surface area contributed by atoms with Gasteiger partial charge in [-0.15, -0.1) is 0 Å². The maximum Gasteiger partial charge on any atom is 0.158 e. The fraction of sp³-hybridized carbons (Fsp3) is 0.312. The quantitative estimate of drug-likeness (QED) is 0.547. The summed E-state index contributed by atoms with van der Waals surface area (Å²) in [6.07, 6.45) is 8.06. The van der Waals surface area contributed by atoms with Crippen molar-refractivity contribution < 1.29 is 4.79 Å². The van der Waals surface area contributed by atoms with E-state index in [0.717, 1.165) is 22.4 Å². The van der Waals surface area contributed by atoms with Crippen LogP contribution in [0, 0.1) is 0 Å². The van der Waals surface area contributed by atoms with Crippen molar-refractivity contribution in [3.63, 3.8) is 0 Å². The Morgan fingerprint density at radius 1 is 1.11 bits per heavy atom. The molecule has 2 heteroatoms. The average molecular weight is 245 g/mol. The van der Waals surface area contributed by atoms with Crippen molar-refractivity contribution in [2.75, 3.05) is 7.05 Å². The number of allylic oxidation sites excluding steroid dienone is 7. The van der Waals surface area contributed by atoms with Gasteiger partial charge in [0.25, 0.3) is 0 Å². The second-order valence-corrected chi connectivity index (χ2v) is 4.11. The summed E-state index contributed by atoms with van der Waals surface area (Å²) in [7, 11) is 1.82. The lowest BCUT2D eigenvalue weighted by Crippen LogP contribution is -2.00. The van der Waals surface area contributed by atoms with Gasteiger partial charge in [0.2, 0.25) is 0 Å². The molecule has 0 aromatic carbocycles. The highest BCUT2D eigenvalue weighted by molar-refractivity contribution is 5.94. The van der Waals surface area contributed by atoms with Gasteiger partial charge in [0.1, 0.15) is 0 Å². The van der Waals surface area contributed by atoms with Crippen LogP contribution in [0.4, 0.5) is 0 Å². The molecule has 0 unspecified atom stereocenters. The number of ketones is 1. The molecule has 98 valence electrons. The molecular weight excluding hydrogens is 222 g/mol. The smallest absolute Gasteiger partial charge is 0.158 e. The molecule has 0 atom stereocenters. The molecule has 0 aliphatic heterocycles. The summed E-state index contributed by atoms with van der Waals surface area (Å²) in [6.45, 7) is 13.4. The zero-order valence-electron chi connectivity index (χ0n) is 11.8. The molecule has 2 nitrogen and oxygen atoms in total. The van der Waals surface area contributed by atoms with E-state index < -0.39 is 0 Å². The molecule has 0 aromatic heterocycles. The SMILES string of the molecule is C=C(/C=C\C(=C)/C(C)=C/C=C(\C)C(=O)CC)NC. The predicted molar refractivity (Wildman–Crippen MR) is 79.3 cm³/mol. The summed E-state index contributed by atoms with van der Waals surface area (Å²) in [4.78, 5) is 11.4. The molecule has 0 fully saturated rings. The van der Waals surface area contributed by atoms with Gasteiger partial charge in [0, 0.05) is 19.2 Å². The Labute approximate surface area is 110 Å². The number of hydrogen-bond acceptors (Lipinski definition) is 2. The van der Waals surface area contributed by atoms with Gasteiger partial charge in [-0.25, -0.2) is 0 Å². The van der Waals surface area contributed by atoms with Crippen LogP contribution >= 0.6 is 0 Å². The molecule has 18 heavy (non-hydrogen) atoms. The molecule has 0 radical (unpaired) electrons. The van der Waals surface area contributed by atoms with Crippen LogP contribution in [0.1, 0.15) is 27.2 Å². The van der Waals surface area contributed by atoms with Crippen LogP contribution in [0.3, 0.4) is 0 Å². The van der Waals surface area contributed by atoms with E-state index in [4.69, 9.17) is 0 Å². The number of rotatable bonds is 7. The van der Waals surface area contributed by atoms with Crippen molar-refractivity contribution in [3.8, 4) is 0 Å². The van der Waals surface area contributed by atoms with Gasteiger partial charge in [0.05, 0.1) is 0 Å². The largest absolute Gasteiger partial charge is 0.389 e. The average Bonchev–Trinajstić information content (AvgIpc) is 2.39. The molecule has 0 spiro atoms. The first-order valence-electron chi connectivity index (χ1n) is 6.04. The van der Waals surface area contributed by atoms with E-state index >= 15 is 0 Å². The van der Waals surface area contributed by atoms with E-state index in [1.165, 1.54) is 0 Å². The van der Waals surface area contributed by atoms with Crippen molar-refractivity contribution in [1.29, 1.82) is 0 Å². The lowest BCUT2D eigenvalue weighted by Gasteiger charge is -2.01. The third kappa shape index (κ3) is 6.04. The minimum Gasteiger partial charge on any atom is -0.389 e. The van der Waals surface area contributed by atoms with Crippen molar-refractivity contribution in [2.24, 2.45) is 0 Å². The molecule has 0 heterocycles. The summed E-state index contributed by atoms with van der Waals surface area (Å²) in [5.41, 5.74) is 3.53. The Hall–Kier alpha value is -1.83. The van der Waals surface area contributed by atoms with Crippen molar-refractivity contribution >= 4 is 5.78 Å². The fourth-order valence-corrected chi connectivity index (χ4v) is 1.14. The highest BCUT2D eigenvalue weighted by atomic mass is 16.1. The summed E-state index contributed by atoms with van der Waals surface area (Å²) >= 11 is 0. The number of carbonyl (C=O) groups is 1. The molecule has 0 saturated heterocycles. The van der Waals surface area contributed by atoms with Crippen LogP contribution in [0.25, 0.3) is 0 Å². The summed E-state index contributed by atoms with van der Waals surface area (Å²) in [6, 6.07) is 0. The highest BCUT2D eigenvalue weighted by Gasteiger charge is 1.99. The normalized spacial score (nSPS) is 12.7. The van der Waals surface area contributed by atoms with Crippen LogP contribution < -0.4 is 5.32 Å². The van der Waals surface area contributed by atoms with Crippen molar-refractivity contribution in [2.45, 2.75) is 27.2 Å². The van der Waals surface area contributed by atoms with Crippen molar-refractivity contribution in [1.82, 2.24) is 5.32 Å². The second-order valence-electron chi connectivity index (χ2n) is 4.11. The Balaban J connectivity index is 4.70. The lowest BCUT2D eigenvalue weighted by molar-refractivity contribution is -0.115. The minimum atomic E-state index is 0.170. The minimum absolute atomic E-state index is 0.170. The maximum absolute atomic E-state index is 11.4. The maximum atomic E-state index is 11.4. The van der Waals surface area contributed by atoms with Gasteiger partial charge in [-0.1, -0.05) is 38.3 Å². The molecule has 0 saturated carbocycles. The summed E-state index contributed by atoms with van der Waals surface area (Å²) in [5.74, 6) is 0.170. The summed E-state index contributed by atoms with van der Waals surface area (Å²) < 4.78 is 0. The molecule has 0 aromatic rings. The molecule has 0 amide bonds. The molecule has 0 bridgehead atoms. The lowest BCUT2D eigenvalue weighted by atomic mass is 10.1. The van der Waals surface area contributed by atoms with Gasteiger partial charge in [-0.2, -0.15) is 0 Å². The van der Waals surface area contributed by atoms with Gasteiger partial charge in [-0.05, 0) is 36.6 Å². The topological polar surface area (TPSA) is 29.1 Å². The number of Topliss-reactive ketones (excluding diaryl/α,β-unsaturated/α-hetero) is 1. The second kappa shape index (κ2) is 8.29. The number of likely N-dealkylation sites (N-methyl/N-ethyl adjacent to an activating group) is 1. The third-order valence-corrected chi connectivity index (χ3v) is 2.66. The molecule has 0 aliphatic rings. The monoisotopic (exact) mass is 245 g/mol. The van der Waals surface area contributed by atoms with Crippen LogP contribution in [-0.2, 0) is 4.79 Å². The van der Waals surface area contributed by atoms with Crippen LogP contribution in [0.5, 0.6) is 0 Å². The Kier molecular flexibility index (Phi) is 7.45. The predicted octanol–water partition coefficient (Wildman–Crippen LogP) is 3.70. The van der Waals surface area contributed by atoms with Crippen LogP contribution in [0.15, 0.2) is 59.9 Å². The van der Waals surface area contributed by atoms with E-state index in [1.54, 1.807) is 0 Å². The Bertz CT molecular complexity index is 422. The first-order valence-corrected chi connectivity index (χ1v) is 6.04. The molecule has 0 rings (SSSR count). The first kappa shape index (κ1) is 16.2. The summed E-state index contributed by atoms with van der Waals surface area (Å²) in [5, 5.41) is 2.93. The van der Waals surface area contributed by atoms with Gasteiger partial charge < -0.3 is 5.32 Å². The third-order valence-electron chi connectivity index (χ3n) is 2.66. The zero-order chi connectivity index (χ0) is 14.1. The van der Waals surface area contributed by atoms with E-state index in [0.29, 0.717) is 6.42 Å². The van der Waals surface area contributed by atoms with E-state index in [9.17, 15) is 4.79 Å². The van der Waals surface area contributed by atoms with E-state index in [1.807, 2.05) is 52.1 Å². The Morgan fingerprint density at radius 2 is 1.67 bits per heavy atom. The standard InChI is InChI=1S/C16H23NO/c1-7-16(18)14(4)9-8-12(2)13(3)10-11-15(5)17-6/h8-11,17H,3,5,7H2,1-2,4,6H3/b11-10-,12-8+,14-9+. The van der Waals surface area contributed by atoms with Gasteiger partial charge in [0.15, 0.2) is 5.78 Å². The Morgan fingerprint density at radius 3 is 2.17 bits per heavy atom. The van der Waals surface area contributed by atoms with Gasteiger partial charge in [-0.3, -0.25) is 4.79 Å². The molecule has 1 N–H and O–H groups in total. The van der Waals surface area contributed by atoms with Crippen LogP contribution in [-0.4, -0.2) is 12.8 Å². The van der Waals surface area contributed by atoms with Crippen molar-refractivity contribution in [3.05, 3.63) is 59.9 Å².